The second-order valence-electron chi connectivity index (χ2n) is 8.39. The molecule has 8 nitrogen and oxygen atoms in total. The highest BCUT2D eigenvalue weighted by molar-refractivity contribution is 8.03. The molecule has 0 aliphatic heterocycles. The molecule has 9 heteroatoms. The van der Waals surface area contributed by atoms with Crippen LogP contribution in [0.15, 0.2) is 99.5 Å². The van der Waals surface area contributed by atoms with Crippen molar-refractivity contribution in [1.82, 2.24) is 10.2 Å². The molecule has 0 saturated carbocycles. The largest absolute Gasteiger partial charge is 0.497 e. The minimum absolute atomic E-state index is 0.0258. The summed E-state index contributed by atoms with van der Waals surface area (Å²) in [5.41, 5.74) is 2.37. The van der Waals surface area contributed by atoms with Crippen molar-refractivity contribution in [3.63, 3.8) is 0 Å². The number of hydrogen-bond donors (Lipinski definition) is 1. The minimum Gasteiger partial charge on any atom is -0.497 e. The molecule has 196 valence electrons. The van der Waals surface area contributed by atoms with Gasteiger partial charge in [0.2, 0.25) is 5.89 Å². The van der Waals surface area contributed by atoms with E-state index >= 15 is 0 Å². The van der Waals surface area contributed by atoms with Crippen molar-refractivity contribution in [3.05, 3.63) is 101 Å². The van der Waals surface area contributed by atoms with Gasteiger partial charge in [-0.3, -0.25) is 0 Å². The Morgan fingerprint density at radius 2 is 1.62 bits per heavy atom. The summed E-state index contributed by atoms with van der Waals surface area (Å²) in [6, 6.07) is 26.7. The van der Waals surface area contributed by atoms with Gasteiger partial charge < -0.3 is 23.7 Å². The van der Waals surface area contributed by atoms with Crippen LogP contribution in [0.5, 0.6) is 17.2 Å². The zero-order valence-corrected chi connectivity index (χ0v) is 22.0. The van der Waals surface area contributed by atoms with Crippen LogP contribution in [-0.4, -0.2) is 35.5 Å². The summed E-state index contributed by atoms with van der Waals surface area (Å²) in [6.07, 6.45) is 1.54. The van der Waals surface area contributed by atoms with Crippen LogP contribution in [0.2, 0.25) is 0 Å². The van der Waals surface area contributed by atoms with Crippen molar-refractivity contribution in [2.45, 2.75) is 11.8 Å². The Bertz CT molecular complexity index is 1620. The number of carboxylic acid groups (broad SMARTS) is 1. The number of thioether (sulfide) groups is 1. The molecule has 5 aromatic rings. The third-order valence-corrected chi connectivity index (χ3v) is 6.72. The Hall–Kier alpha value is -4.76. The van der Waals surface area contributed by atoms with Crippen molar-refractivity contribution in [2.75, 3.05) is 14.2 Å². The minimum atomic E-state index is -1.11. The summed E-state index contributed by atoms with van der Waals surface area (Å²) in [7, 11) is 3.09. The van der Waals surface area contributed by atoms with E-state index in [0.29, 0.717) is 35.0 Å². The molecule has 0 aliphatic carbocycles. The van der Waals surface area contributed by atoms with Gasteiger partial charge in [-0.25, -0.2) is 4.79 Å². The Morgan fingerprint density at radius 1 is 0.897 bits per heavy atom. The SMILES string of the molecule is COc1cc(OC)cc(-c2nnc(S/C(=C\c3ccc(OCc4cccc5ccccc45)cc3)C(=O)O)o2)c1. The van der Waals surface area contributed by atoms with Crippen LogP contribution >= 0.6 is 11.8 Å². The summed E-state index contributed by atoms with van der Waals surface area (Å²) in [5, 5.41) is 20.2. The average Bonchev–Trinajstić information content (AvgIpc) is 3.44. The van der Waals surface area contributed by atoms with E-state index in [-0.39, 0.29) is 16.0 Å². The fraction of sp³-hybridized carbons (Fsp3) is 0.100. The number of aromatic nitrogens is 2. The smallest absolute Gasteiger partial charge is 0.342 e. The Balaban J connectivity index is 1.28. The topological polar surface area (TPSA) is 104 Å². The van der Waals surface area contributed by atoms with Crippen LogP contribution in [-0.2, 0) is 11.4 Å². The molecule has 1 heterocycles. The lowest BCUT2D eigenvalue weighted by atomic mass is 10.1. The Morgan fingerprint density at radius 3 is 2.33 bits per heavy atom. The molecule has 1 N–H and O–H groups in total. The number of nitrogens with zero attached hydrogens (tertiary/aromatic N) is 2. The molecule has 0 unspecified atom stereocenters. The lowest BCUT2D eigenvalue weighted by Crippen LogP contribution is -1.97. The van der Waals surface area contributed by atoms with E-state index in [9.17, 15) is 9.90 Å². The number of methoxy groups -OCH3 is 2. The van der Waals surface area contributed by atoms with E-state index in [1.807, 2.05) is 36.4 Å². The van der Waals surface area contributed by atoms with Crippen LogP contribution in [0, 0.1) is 0 Å². The zero-order chi connectivity index (χ0) is 27.2. The van der Waals surface area contributed by atoms with Crippen LogP contribution < -0.4 is 14.2 Å². The summed E-state index contributed by atoms with van der Waals surface area (Å²) >= 11 is 0.867. The number of fused-ring (bicyclic) bond motifs is 1. The maximum Gasteiger partial charge on any atom is 0.342 e. The van der Waals surface area contributed by atoms with Gasteiger partial charge in [0.15, 0.2) is 0 Å². The van der Waals surface area contributed by atoms with E-state index in [1.165, 1.54) is 0 Å². The second kappa shape index (κ2) is 11.7. The maximum atomic E-state index is 11.9. The first-order valence-corrected chi connectivity index (χ1v) is 12.7. The highest BCUT2D eigenvalue weighted by atomic mass is 32.2. The predicted octanol–water partition coefficient (Wildman–Crippen LogP) is 6.70. The predicted molar refractivity (Wildman–Crippen MR) is 149 cm³/mol. The van der Waals surface area contributed by atoms with Gasteiger partial charge in [0.1, 0.15) is 28.8 Å². The van der Waals surface area contributed by atoms with Crippen molar-refractivity contribution in [1.29, 1.82) is 0 Å². The normalized spacial score (nSPS) is 11.4. The van der Waals surface area contributed by atoms with Crippen LogP contribution in [0.3, 0.4) is 0 Å². The Labute approximate surface area is 228 Å². The van der Waals surface area contributed by atoms with Gasteiger partial charge in [-0.15, -0.1) is 10.2 Å². The number of benzene rings is 4. The molecule has 5 rings (SSSR count). The van der Waals surface area contributed by atoms with Crippen molar-refractivity contribution in [3.8, 4) is 28.7 Å². The van der Waals surface area contributed by atoms with Crippen molar-refractivity contribution in [2.24, 2.45) is 0 Å². The summed E-state index contributed by atoms with van der Waals surface area (Å²) in [5.74, 6) is 0.908. The number of carboxylic acids is 1. The number of aliphatic carboxylic acids is 1. The second-order valence-corrected chi connectivity index (χ2v) is 9.38. The molecular formula is C30H24N2O6S. The molecule has 0 fully saturated rings. The number of ether oxygens (including phenoxy) is 3. The Kier molecular flexibility index (Phi) is 7.79. The molecule has 0 spiro atoms. The molecule has 39 heavy (non-hydrogen) atoms. The summed E-state index contributed by atoms with van der Waals surface area (Å²) < 4.78 is 22.3. The maximum absolute atomic E-state index is 11.9. The third kappa shape index (κ3) is 6.22. The molecule has 0 amide bonds. The monoisotopic (exact) mass is 540 g/mol. The molecular weight excluding hydrogens is 516 g/mol. The van der Waals surface area contributed by atoms with E-state index in [0.717, 1.165) is 28.1 Å². The fourth-order valence-electron chi connectivity index (χ4n) is 3.92. The fourth-order valence-corrected chi connectivity index (χ4v) is 4.59. The van der Waals surface area contributed by atoms with Gasteiger partial charge in [-0.05, 0) is 64.0 Å². The van der Waals surface area contributed by atoms with E-state index < -0.39 is 5.97 Å². The summed E-state index contributed by atoms with van der Waals surface area (Å²) in [4.78, 5) is 12.0. The highest BCUT2D eigenvalue weighted by Gasteiger charge is 2.17. The lowest BCUT2D eigenvalue weighted by Gasteiger charge is -2.09. The third-order valence-electron chi connectivity index (χ3n) is 5.87. The first-order valence-electron chi connectivity index (χ1n) is 11.9. The van der Waals surface area contributed by atoms with Crippen LogP contribution in [0.25, 0.3) is 28.3 Å². The van der Waals surface area contributed by atoms with Crippen molar-refractivity contribution >= 4 is 34.6 Å². The molecule has 0 saturated heterocycles. The van der Waals surface area contributed by atoms with Gasteiger partial charge in [0, 0.05) is 11.6 Å². The summed E-state index contributed by atoms with van der Waals surface area (Å²) in [6.45, 7) is 0.422. The van der Waals surface area contributed by atoms with Gasteiger partial charge >= 0.3 is 5.97 Å². The van der Waals surface area contributed by atoms with Crippen LogP contribution in [0.4, 0.5) is 0 Å². The van der Waals surface area contributed by atoms with Gasteiger partial charge in [0.05, 0.1) is 14.2 Å². The first kappa shape index (κ1) is 25.9. The number of rotatable bonds is 10. The zero-order valence-electron chi connectivity index (χ0n) is 21.2. The highest BCUT2D eigenvalue weighted by Crippen LogP contribution is 2.33. The van der Waals surface area contributed by atoms with E-state index in [2.05, 4.69) is 28.4 Å². The van der Waals surface area contributed by atoms with E-state index in [1.54, 1.807) is 50.6 Å². The quantitative estimate of drug-likeness (QED) is 0.153. The van der Waals surface area contributed by atoms with Crippen molar-refractivity contribution < 1.29 is 28.5 Å². The lowest BCUT2D eigenvalue weighted by molar-refractivity contribution is -0.131. The number of hydrogen-bond acceptors (Lipinski definition) is 8. The molecule has 4 aromatic carbocycles. The van der Waals surface area contributed by atoms with E-state index in [4.69, 9.17) is 18.6 Å². The van der Waals surface area contributed by atoms with Crippen LogP contribution in [0.1, 0.15) is 11.1 Å². The standard InChI is InChI=1S/C30H24N2O6S/c1-35-24-15-22(16-25(17-24)36-2)28-31-32-30(38-28)39-27(29(33)34)14-19-10-12-23(13-11-19)37-18-21-8-5-7-20-6-3-4-9-26(20)21/h3-17H,18H2,1-2H3,(H,33,34)/b27-14-. The molecule has 0 aliphatic rings. The van der Waals surface area contributed by atoms with Gasteiger partial charge in [0.25, 0.3) is 5.22 Å². The average molecular weight is 541 g/mol. The first-order chi connectivity index (χ1) is 19.0. The molecule has 0 bridgehead atoms. The number of carbonyl (C=O) groups is 1. The molecule has 0 atom stereocenters. The van der Waals surface area contributed by atoms with Gasteiger partial charge in [-0.1, -0.05) is 54.6 Å². The van der Waals surface area contributed by atoms with Gasteiger partial charge in [-0.2, -0.15) is 0 Å². The molecule has 0 radical (unpaired) electrons. The molecule has 1 aromatic heterocycles.